The number of aromatic nitrogens is 2. The minimum absolute atomic E-state index is 0.163. The second-order valence-electron chi connectivity index (χ2n) is 14.3. The molecule has 0 saturated heterocycles. The van der Waals surface area contributed by atoms with Crippen molar-refractivity contribution < 1.29 is 0 Å². The largest absolute Gasteiger partial charge is 0.251 e. The molecular weight excluding hydrogens is 594 g/mol. The predicted molar refractivity (Wildman–Crippen MR) is 198 cm³/mol. The van der Waals surface area contributed by atoms with Gasteiger partial charge in [0, 0.05) is 10.8 Å². The fourth-order valence-electron chi connectivity index (χ4n) is 10.1. The predicted octanol–water partition coefficient (Wildman–Crippen LogP) is 10.2. The van der Waals surface area contributed by atoms with Gasteiger partial charge in [-0.05, 0) is 120 Å². The van der Waals surface area contributed by atoms with Gasteiger partial charge in [-0.3, -0.25) is 9.97 Å². The molecule has 2 aromatic heterocycles. The van der Waals surface area contributed by atoms with Gasteiger partial charge in [0.1, 0.15) is 0 Å². The standard InChI is InChI=1S/C42H40N2P2/c45-26-36-33-21-27-20-28(22-33)25-41(36,24-27)34-17-14-32(29-8-2-1-3-9-29)23-35(34)42(46,39-18-15-30-10-4-6-12-37(30)43-39)40-19-16-31-11-5-7-13-38(31)44-40/h1-19,23,27-28,33,36H,20-22,24-26,45-46H2. The van der Waals surface area contributed by atoms with Gasteiger partial charge in [-0.25, -0.2) is 0 Å². The molecule has 46 heavy (non-hydrogen) atoms. The molecule has 0 spiro atoms. The summed E-state index contributed by atoms with van der Waals surface area (Å²) in [4.78, 5) is 10.9. The number of para-hydroxylation sites is 2. The normalized spacial score (nSPS) is 25.3. The number of benzene rings is 4. The van der Waals surface area contributed by atoms with Crippen molar-refractivity contribution in [1.82, 2.24) is 9.97 Å². The van der Waals surface area contributed by atoms with Gasteiger partial charge in [0.25, 0.3) is 0 Å². The molecule has 6 aromatic rings. The smallest absolute Gasteiger partial charge is 0.0936 e. The number of pyridine rings is 2. The van der Waals surface area contributed by atoms with Crippen molar-refractivity contribution >= 4 is 40.3 Å². The van der Waals surface area contributed by atoms with Crippen LogP contribution in [0, 0.1) is 23.7 Å². The molecule has 0 N–H and O–H groups in total. The molecule has 4 aliphatic carbocycles. The van der Waals surface area contributed by atoms with Crippen LogP contribution >= 0.6 is 18.5 Å². The highest BCUT2D eigenvalue weighted by Gasteiger charge is 2.58. The summed E-state index contributed by atoms with van der Waals surface area (Å²) in [5, 5.41) is 1.67. The molecule has 228 valence electrons. The zero-order chi connectivity index (χ0) is 30.9. The van der Waals surface area contributed by atoms with Gasteiger partial charge < -0.3 is 0 Å². The fraction of sp³-hybridized carbons (Fsp3) is 0.286. The third-order valence-corrected chi connectivity index (χ3v) is 13.3. The Morgan fingerprint density at radius 2 is 1.22 bits per heavy atom. The van der Waals surface area contributed by atoms with E-state index in [0.717, 1.165) is 57.1 Å². The van der Waals surface area contributed by atoms with E-state index in [9.17, 15) is 0 Å². The van der Waals surface area contributed by atoms with E-state index in [1.165, 1.54) is 54.4 Å². The lowest BCUT2D eigenvalue weighted by Gasteiger charge is -2.62. The molecule has 4 bridgehead atoms. The molecule has 4 aliphatic rings. The van der Waals surface area contributed by atoms with Crippen molar-refractivity contribution in [3.8, 4) is 11.1 Å². The van der Waals surface area contributed by atoms with Crippen molar-refractivity contribution in [2.75, 3.05) is 6.16 Å². The van der Waals surface area contributed by atoms with Crippen LogP contribution in [0.1, 0.15) is 54.6 Å². The van der Waals surface area contributed by atoms with E-state index in [0.29, 0.717) is 5.92 Å². The van der Waals surface area contributed by atoms with E-state index in [2.05, 4.69) is 140 Å². The number of nitrogens with zero attached hydrogens (tertiary/aromatic N) is 2. The summed E-state index contributed by atoms with van der Waals surface area (Å²) in [6, 6.07) is 44.3. The third kappa shape index (κ3) is 4.44. The molecule has 4 heteroatoms. The molecule has 0 aliphatic heterocycles. The molecule has 4 fully saturated rings. The van der Waals surface area contributed by atoms with Gasteiger partial charge in [0.05, 0.1) is 27.6 Å². The zero-order valence-electron chi connectivity index (χ0n) is 26.1. The Morgan fingerprint density at radius 3 is 1.83 bits per heavy atom. The number of hydrogen-bond acceptors (Lipinski definition) is 2. The van der Waals surface area contributed by atoms with E-state index in [1.807, 2.05) is 0 Å². The lowest BCUT2D eigenvalue weighted by Crippen LogP contribution is -2.56. The van der Waals surface area contributed by atoms with Crippen LogP contribution in [0.4, 0.5) is 0 Å². The second kappa shape index (κ2) is 11.1. The van der Waals surface area contributed by atoms with E-state index in [1.54, 1.807) is 0 Å². The SMILES string of the molecule is PCC1C2CC3CC(C2)CC1(c1ccc(-c2ccccc2)cc1C(P)(c1ccc2ccccc2n1)c1ccc2ccccc2n1)C3. The van der Waals surface area contributed by atoms with Crippen molar-refractivity contribution in [2.45, 2.75) is 42.7 Å². The van der Waals surface area contributed by atoms with Gasteiger partial charge in [0.2, 0.25) is 0 Å². The summed E-state index contributed by atoms with van der Waals surface area (Å²) < 4.78 is 0. The van der Waals surface area contributed by atoms with E-state index < -0.39 is 5.16 Å². The highest BCUT2D eigenvalue weighted by molar-refractivity contribution is 7.19. The summed E-state index contributed by atoms with van der Waals surface area (Å²) in [6.45, 7) is 0. The lowest BCUT2D eigenvalue weighted by molar-refractivity contribution is -0.0522. The van der Waals surface area contributed by atoms with Crippen LogP contribution in [0.2, 0.25) is 0 Å². The Hall–Kier alpha value is -3.44. The van der Waals surface area contributed by atoms with Gasteiger partial charge in [-0.2, -0.15) is 0 Å². The highest BCUT2D eigenvalue weighted by Crippen LogP contribution is 2.65. The van der Waals surface area contributed by atoms with E-state index >= 15 is 0 Å². The number of rotatable bonds is 6. The van der Waals surface area contributed by atoms with Crippen LogP contribution in [0.5, 0.6) is 0 Å². The first kappa shape index (κ1) is 28.8. The molecule has 10 rings (SSSR count). The number of hydrogen-bond donors (Lipinski definition) is 0. The van der Waals surface area contributed by atoms with Gasteiger partial charge >= 0.3 is 0 Å². The molecular formula is C42H40N2P2. The Morgan fingerprint density at radius 1 is 0.630 bits per heavy atom. The van der Waals surface area contributed by atoms with E-state index in [-0.39, 0.29) is 5.41 Å². The van der Waals surface area contributed by atoms with Crippen molar-refractivity contribution in [3.63, 3.8) is 0 Å². The average molecular weight is 635 g/mol. The van der Waals surface area contributed by atoms with Crippen LogP contribution in [0.25, 0.3) is 32.9 Å². The lowest BCUT2D eigenvalue weighted by atomic mass is 9.43. The third-order valence-electron chi connectivity index (χ3n) is 11.9. The molecule has 0 amide bonds. The van der Waals surface area contributed by atoms with Crippen LogP contribution < -0.4 is 0 Å². The molecule has 0 radical (unpaired) electrons. The zero-order valence-corrected chi connectivity index (χ0v) is 28.5. The quantitative estimate of drug-likeness (QED) is 0.170. The molecule has 2 heterocycles. The van der Waals surface area contributed by atoms with Crippen molar-refractivity contribution in [2.24, 2.45) is 23.7 Å². The maximum atomic E-state index is 5.44. The van der Waals surface area contributed by atoms with Crippen LogP contribution in [0.15, 0.2) is 121 Å². The number of fused-ring (bicyclic) bond motifs is 2. The van der Waals surface area contributed by atoms with Gasteiger partial charge in [0.15, 0.2) is 0 Å². The minimum atomic E-state index is -0.650. The van der Waals surface area contributed by atoms with Crippen molar-refractivity contribution in [1.29, 1.82) is 0 Å². The van der Waals surface area contributed by atoms with E-state index in [4.69, 9.17) is 9.97 Å². The molecule has 2 nitrogen and oxygen atoms in total. The summed E-state index contributed by atoms with van der Waals surface area (Å²) in [6.07, 6.45) is 8.01. The van der Waals surface area contributed by atoms with Gasteiger partial charge in [-0.15, -0.1) is 18.5 Å². The molecule has 4 saturated carbocycles. The molecule has 5 atom stereocenters. The highest BCUT2D eigenvalue weighted by atomic mass is 31.0. The Labute approximate surface area is 276 Å². The summed E-state index contributed by atoms with van der Waals surface area (Å²) in [5.74, 6) is 3.17. The Balaban J connectivity index is 1.36. The molecule has 5 unspecified atom stereocenters. The topological polar surface area (TPSA) is 25.8 Å². The monoisotopic (exact) mass is 634 g/mol. The van der Waals surface area contributed by atoms with Crippen molar-refractivity contribution in [3.05, 3.63) is 144 Å². The summed E-state index contributed by atoms with van der Waals surface area (Å²) >= 11 is 0. The second-order valence-corrected chi connectivity index (χ2v) is 15.7. The summed E-state index contributed by atoms with van der Waals surface area (Å²) in [5.41, 5.74) is 9.62. The maximum absolute atomic E-state index is 5.44. The summed E-state index contributed by atoms with van der Waals surface area (Å²) in [7, 11) is 6.53. The van der Waals surface area contributed by atoms with Crippen LogP contribution in [0.3, 0.4) is 0 Å². The van der Waals surface area contributed by atoms with Crippen LogP contribution in [-0.4, -0.2) is 16.1 Å². The Bertz CT molecular complexity index is 2000. The minimum Gasteiger partial charge on any atom is -0.251 e. The first-order valence-electron chi connectivity index (χ1n) is 17.0. The fourth-order valence-corrected chi connectivity index (χ4v) is 11.5. The molecule has 4 aromatic carbocycles. The average Bonchev–Trinajstić information content (AvgIpc) is 3.10. The first-order chi connectivity index (χ1) is 22.5. The first-order valence-corrected chi connectivity index (χ1v) is 18.4. The Kier molecular flexibility index (Phi) is 6.93. The maximum Gasteiger partial charge on any atom is 0.0936 e. The van der Waals surface area contributed by atoms with Crippen LogP contribution in [-0.2, 0) is 10.6 Å². The van der Waals surface area contributed by atoms with Gasteiger partial charge in [-0.1, -0.05) is 91.0 Å².